The molecule has 3 unspecified atom stereocenters. The standard InChI is InChI=1S/C16H28N4O8/c1-8(2)5-11(15(27)18-6-13(24)25)20-16(28)10(3-4-12(22)23)19-14(26)9(17)7-21/h8-11,21H,3-7,17H2,1-2H3,(H,18,27)(H,19,26)(H,20,28)(H,22,23)(H,24,25). The molecule has 0 heterocycles. The van der Waals surface area contributed by atoms with Crippen LogP contribution in [0.15, 0.2) is 0 Å². The molecule has 0 saturated carbocycles. The van der Waals surface area contributed by atoms with Crippen LogP contribution in [-0.2, 0) is 24.0 Å². The van der Waals surface area contributed by atoms with Crippen LogP contribution in [0.4, 0.5) is 0 Å². The van der Waals surface area contributed by atoms with Crippen molar-refractivity contribution in [3.05, 3.63) is 0 Å². The molecule has 0 aromatic heterocycles. The summed E-state index contributed by atoms with van der Waals surface area (Å²) in [7, 11) is 0. The van der Waals surface area contributed by atoms with Crippen LogP contribution < -0.4 is 21.7 Å². The molecule has 0 aliphatic heterocycles. The first-order chi connectivity index (χ1) is 13.0. The number of hydrogen-bond donors (Lipinski definition) is 7. The summed E-state index contributed by atoms with van der Waals surface area (Å²) in [6.07, 6.45) is -0.518. The highest BCUT2D eigenvalue weighted by molar-refractivity contribution is 5.93. The number of carbonyl (C=O) groups is 5. The molecule has 0 aliphatic rings. The predicted octanol–water partition coefficient (Wildman–Crippen LogP) is -2.61. The molecule has 3 amide bonds. The fourth-order valence-corrected chi connectivity index (χ4v) is 2.16. The lowest BCUT2D eigenvalue weighted by Gasteiger charge is -2.24. The van der Waals surface area contributed by atoms with Gasteiger partial charge in [0.25, 0.3) is 0 Å². The average Bonchev–Trinajstić information content (AvgIpc) is 2.60. The van der Waals surface area contributed by atoms with Gasteiger partial charge < -0.3 is 37.0 Å². The van der Waals surface area contributed by atoms with E-state index in [1.807, 2.05) is 0 Å². The van der Waals surface area contributed by atoms with E-state index in [2.05, 4.69) is 16.0 Å². The van der Waals surface area contributed by atoms with Crippen LogP contribution in [0.3, 0.4) is 0 Å². The second kappa shape index (κ2) is 12.6. The molecule has 0 aromatic rings. The summed E-state index contributed by atoms with van der Waals surface area (Å²) < 4.78 is 0. The largest absolute Gasteiger partial charge is 0.481 e. The van der Waals surface area contributed by atoms with Crippen LogP contribution >= 0.6 is 0 Å². The maximum atomic E-state index is 12.5. The zero-order valence-corrected chi connectivity index (χ0v) is 15.8. The van der Waals surface area contributed by atoms with Gasteiger partial charge in [0.2, 0.25) is 17.7 Å². The fourth-order valence-electron chi connectivity index (χ4n) is 2.16. The van der Waals surface area contributed by atoms with Crippen molar-refractivity contribution < 1.29 is 39.3 Å². The number of aliphatic carboxylic acids is 2. The van der Waals surface area contributed by atoms with Crippen molar-refractivity contribution in [2.45, 2.75) is 51.2 Å². The van der Waals surface area contributed by atoms with Gasteiger partial charge in [-0.3, -0.25) is 24.0 Å². The van der Waals surface area contributed by atoms with E-state index in [1.165, 1.54) is 0 Å². The molecule has 0 radical (unpaired) electrons. The van der Waals surface area contributed by atoms with Crippen LogP contribution in [0.25, 0.3) is 0 Å². The zero-order valence-electron chi connectivity index (χ0n) is 15.8. The zero-order chi connectivity index (χ0) is 21.9. The van der Waals surface area contributed by atoms with Crippen LogP contribution in [0.5, 0.6) is 0 Å². The summed E-state index contributed by atoms with van der Waals surface area (Å²) in [4.78, 5) is 57.9. The summed E-state index contributed by atoms with van der Waals surface area (Å²) >= 11 is 0. The molecular formula is C16H28N4O8. The van der Waals surface area contributed by atoms with Crippen molar-refractivity contribution in [3.63, 3.8) is 0 Å². The van der Waals surface area contributed by atoms with Crippen LogP contribution in [0, 0.1) is 5.92 Å². The van der Waals surface area contributed by atoms with Crippen molar-refractivity contribution in [2.75, 3.05) is 13.2 Å². The van der Waals surface area contributed by atoms with Gasteiger partial charge in [-0.15, -0.1) is 0 Å². The van der Waals surface area contributed by atoms with Crippen molar-refractivity contribution in [1.82, 2.24) is 16.0 Å². The Labute approximate surface area is 161 Å². The topological polar surface area (TPSA) is 208 Å². The maximum Gasteiger partial charge on any atom is 0.322 e. The van der Waals surface area contributed by atoms with Gasteiger partial charge >= 0.3 is 11.9 Å². The number of nitrogens with one attached hydrogen (secondary N) is 3. The fraction of sp³-hybridized carbons (Fsp3) is 0.688. The van der Waals surface area contributed by atoms with Gasteiger partial charge in [0, 0.05) is 6.42 Å². The third-order valence-corrected chi connectivity index (χ3v) is 3.57. The SMILES string of the molecule is CC(C)CC(NC(=O)C(CCC(=O)O)NC(=O)C(N)CO)C(=O)NCC(=O)O. The number of rotatable bonds is 13. The molecule has 0 spiro atoms. The minimum atomic E-state index is -1.30. The first kappa shape index (κ1) is 25.3. The summed E-state index contributed by atoms with van der Waals surface area (Å²) in [6.45, 7) is 2.27. The van der Waals surface area contributed by atoms with E-state index < -0.39 is 67.4 Å². The molecule has 12 heteroatoms. The number of hydrogen-bond acceptors (Lipinski definition) is 7. The molecule has 12 nitrogen and oxygen atoms in total. The molecule has 0 rings (SSSR count). The lowest BCUT2D eigenvalue weighted by molar-refractivity contribution is -0.138. The Hall–Kier alpha value is -2.73. The number of amides is 3. The Bertz CT molecular complexity index is 581. The van der Waals surface area contributed by atoms with Crippen LogP contribution in [-0.4, -0.2) is 76.3 Å². The van der Waals surface area contributed by atoms with Crippen molar-refractivity contribution >= 4 is 29.7 Å². The molecule has 28 heavy (non-hydrogen) atoms. The van der Waals surface area contributed by atoms with E-state index in [0.29, 0.717) is 0 Å². The Morgan fingerprint density at radius 3 is 1.93 bits per heavy atom. The Morgan fingerprint density at radius 1 is 0.893 bits per heavy atom. The van der Waals surface area contributed by atoms with E-state index in [0.717, 1.165) is 0 Å². The van der Waals surface area contributed by atoms with E-state index in [1.54, 1.807) is 13.8 Å². The van der Waals surface area contributed by atoms with Gasteiger partial charge in [-0.05, 0) is 18.8 Å². The van der Waals surface area contributed by atoms with E-state index in [9.17, 15) is 24.0 Å². The molecule has 0 aromatic carbocycles. The molecule has 3 atom stereocenters. The second-order valence-electron chi connectivity index (χ2n) is 6.58. The molecule has 160 valence electrons. The quantitative estimate of drug-likeness (QED) is 0.171. The van der Waals surface area contributed by atoms with Crippen LogP contribution in [0.1, 0.15) is 33.1 Å². The van der Waals surface area contributed by atoms with Crippen molar-refractivity contribution in [1.29, 1.82) is 0 Å². The minimum Gasteiger partial charge on any atom is -0.481 e. The Kier molecular flexibility index (Phi) is 11.4. The smallest absolute Gasteiger partial charge is 0.322 e. The normalized spacial score (nSPS) is 13.9. The van der Waals surface area contributed by atoms with Gasteiger partial charge in [-0.1, -0.05) is 13.8 Å². The first-order valence-electron chi connectivity index (χ1n) is 8.66. The number of carboxylic acids is 2. The summed E-state index contributed by atoms with van der Waals surface area (Å²) in [6, 6.07) is -3.68. The molecule has 0 aliphatic carbocycles. The van der Waals surface area contributed by atoms with E-state index in [4.69, 9.17) is 21.1 Å². The molecule has 0 bridgehead atoms. The van der Waals surface area contributed by atoms with Gasteiger partial charge in [-0.25, -0.2) is 0 Å². The number of carbonyl (C=O) groups excluding carboxylic acids is 3. The highest BCUT2D eigenvalue weighted by Gasteiger charge is 2.29. The Morgan fingerprint density at radius 2 is 1.46 bits per heavy atom. The highest BCUT2D eigenvalue weighted by atomic mass is 16.4. The second-order valence-corrected chi connectivity index (χ2v) is 6.58. The summed E-state index contributed by atoms with van der Waals surface area (Å²) in [5, 5.41) is 33.2. The van der Waals surface area contributed by atoms with E-state index >= 15 is 0 Å². The molecular weight excluding hydrogens is 376 g/mol. The summed E-state index contributed by atoms with van der Waals surface area (Å²) in [5.41, 5.74) is 5.37. The lowest BCUT2D eigenvalue weighted by Crippen LogP contribution is -2.56. The van der Waals surface area contributed by atoms with Crippen molar-refractivity contribution in [2.24, 2.45) is 11.7 Å². The van der Waals surface area contributed by atoms with Gasteiger partial charge in [0.1, 0.15) is 24.7 Å². The highest BCUT2D eigenvalue weighted by Crippen LogP contribution is 2.07. The lowest BCUT2D eigenvalue weighted by atomic mass is 10.0. The van der Waals surface area contributed by atoms with Gasteiger partial charge in [0.15, 0.2) is 0 Å². The van der Waals surface area contributed by atoms with Crippen molar-refractivity contribution in [3.8, 4) is 0 Å². The Balaban J connectivity index is 5.24. The molecule has 0 fully saturated rings. The minimum absolute atomic E-state index is 0.0317. The van der Waals surface area contributed by atoms with E-state index in [-0.39, 0.29) is 18.8 Å². The number of aliphatic hydroxyl groups excluding tert-OH is 1. The molecule has 8 N–H and O–H groups in total. The monoisotopic (exact) mass is 404 g/mol. The first-order valence-corrected chi connectivity index (χ1v) is 8.66. The number of aliphatic hydroxyl groups is 1. The maximum absolute atomic E-state index is 12.5. The molecule has 0 saturated heterocycles. The summed E-state index contributed by atoms with van der Waals surface area (Å²) in [5.74, 6) is -4.89. The average molecular weight is 404 g/mol. The third kappa shape index (κ3) is 10.4. The predicted molar refractivity (Wildman–Crippen MR) is 95.9 cm³/mol. The number of nitrogens with two attached hydrogens (primary N) is 1. The van der Waals surface area contributed by atoms with Gasteiger partial charge in [0.05, 0.1) is 6.61 Å². The number of carboxylic acid groups (broad SMARTS) is 2. The van der Waals surface area contributed by atoms with Gasteiger partial charge in [-0.2, -0.15) is 0 Å². The third-order valence-electron chi connectivity index (χ3n) is 3.57. The van der Waals surface area contributed by atoms with Crippen LogP contribution in [0.2, 0.25) is 0 Å².